The van der Waals surface area contributed by atoms with Crippen molar-refractivity contribution in [2.45, 2.75) is 39.7 Å². The van der Waals surface area contributed by atoms with Crippen LogP contribution in [0.4, 0.5) is 5.82 Å². The minimum absolute atomic E-state index is 0.736. The van der Waals surface area contributed by atoms with E-state index in [0.29, 0.717) is 0 Å². The van der Waals surface area contributed by atoms with Gasteiger partial charge in [0.05, 0.1) is 0 Å². The van der Waals surface area contributed by atoms with Crippen LogP contribution in [0, 0.1) is 5.92 Å². The van der Waals surface area contributed by atoms with Gasteiger partial charge in [-0.25, -0.2) is 4.98 Å². The van der Waals surface area contributed by atoms with Crippen LogP contribution in [0.3, 0.4) is 0 Å². The van der Waals surface area contributed by atoms with Gasteiger partial charge in [-0.1, -0.05) is 6.07 Å². The molecule has 0 spiro atoms. The maximum Gasteiger partial charge on any atom is 0.193 e. The zero-order valence-corrected chi connectivity index (χ0v) is 16.9. The molecule has 6 nitrogen and oxygen atoms in total. The Morgan fingerprint density at radius 1 is 1.27 bits per heavy atom. The van der Waals surface area contributed by atoms with E-state index in [1.807, 2.05) is 13.2 Å². The Morgan fingerprint density at radius 2 is 2.00 bits per heavy atom. The summed E-state index contributed by atoms with van der Waals surface area (Å²) >= 11 is 0. The molecule has 0 unspecified atom stereocenters. The maximum atomic E-state index is 5.44. The quantitative estimate of drug-likeness (QED) is 0.570. The first kappa shape index (κ1) is 20.5. The van der Waals surface area contributed by atoms with Crippen molar-refractivity contribution in [2.75, 3.05) is 51.8 Å². The number of anilines is 1. The van der Waals surface area contributed by atoms with Crippen molar-refractivity contribution in [3.63, 3.8) is 0 Å². The second-order valence-electron chi connectivity index (χ2n) is 6.86. The average Bonchev–Trinajstić information content (AvgIpc) is 2.69. The first-order valence-electron chi connectivity index (χ1n) is 9.87. The van der Waals surface area contributed by atoms with Gasteiger partial charge in [-0.15, -0.1) is 0 Å². The minimum atomic E-state index is 0.736. The van der Waals surface area contributed by atoms with Crippen molar-refractivity contribution in [3.8, 4) is 0 Å². The second kappa shape index (κ2) is 11.0. The summed E-state index contributed by atoms with van der Waals surface area (Å²) < 4.78 is 5.44. The van der Waals surface area contributed by atoms with Crippen LogP contribution in [0.5, 0.6) is 0 Å². The number of ether oxygens (including phenoxy) is 1. The highest BCUT2D eigenvalue weighted by atomic mass is 16.5. The Bertz CT molecular complexity index is 536. The molecule has 26 heavy (non-hydrogen) atoms. The van der Waals surface area contributed by atoms with Gasteiger partial charge in [0.25, 0.3) is 0 Å². The summed E-state index contributed by atoms with van der Waals surface area (Å²) in [6.45, 7) is 9.85. The fourth-order valence-corrected chi connectivity index (χ4v) is 3.34. The van der Waals surface area contributed by atoms with Crippen molar-refractivity contribution in [1.82, 2.24) is 15.2 Å². The first-order valence-corrected chi connectivity index (χ1v) is 9.87. The number of guanidine groups is 1. The molecule has 0 bridgehead atoms. The molecule has 146 valence electrons. The molecule has 1 aromatic rings. The molecule has 0 aromatic carbocycles. The van der Waals surface area contributed by atoms with E-state index in [2.05, 4.69) is 58.1 Å². The number of nitrogens with zero attached hydrogens (tertiary/aromatic N) is 4. The summed E-state index contributed by atoms with van der Waals surface area (Å²) in [6, 6.07) is 4.24. The molecule has 1 saturated heterocycles. The van der Waals surface area contributed by atoms with E-state index in [1.165, 1.54) is 24.8 Å². The van der Waals surface area contributed by atoms with Crippen LogP contribution < -0.4 is 10.2 Å². The van der Waals surface area contributed by atoms with Crippen molar-refractivity contribution < 1.29 is 4.74 Å². The lowest BCUT2D eigenvalue weighted by atomic mass is 9.96. The predicted molar refractivity (Wildman–Crippen MR) is 109 cm³/mol. The van der Waals surface area contributed by atoms with Gasteiger partial charge in [-0.3, -0.25) is 4.99 Å². The minimum Gasteiger partial charge on any atom is -0.381 e. The molecular weight excluding hydrogens is 326 g/mol. The van der Waals surface area contributed by atoms with Crippen molar-refractivity contribution in [2.24, 2.45) is 10.9 Å². The molecular formula is C20H35N5O. The number of hydrogen-bond acceptors (Lipinski definition) is 4. The molecule has 0 atom stereocenters. The van der Waals surface area contributed by atoms with E-state index >= 15 is 0 Å². The molecule has 0 amide bonds. The van der Waals surface area contributed by atoms with Gasteiger partial charge in [-0.2, -0.15) is 0 Å². The molecule has 2 rings (SSSR count). The fourth-order valence-electron chi connectivity index (χ4n) is 3.34. The number of aromatic nitrogens is 1. The topological polar surface area (TPSA) is 53.0 Å². The standard InChI is InChI=1S/C20H35N5O/c1-5-25(6-2)19-8-7-18(15-22-19)16-23-20(21-3)24(4)12-9-17-10-13-26-14-11-17/h7-8,15,17H,5-6,9-14,16H2,1-4H3,(H,21,23). The number of hydrogen-bond donors (Lipinski definition) is 1. The van der Waals surface area contributed by atoms with E-state index in [4.69, 9.17) is 4.74 Å². The molecule has 0 radical (unpaired) electrons. The van der Waals surface area contributed by atoms with E-state index in [0.717, 1.165) is 57.1 Å². The molecule has 1 fully saturated rings. The van der Waals surface area contributed by atoms with Crippen LogP contribution in [0.15, 0.2) is 23.3 Å². The van der Waals surface area contributed by atoms with E-state index < -0.39 is 0 Å². The highest BCUT2D eigenvalue weighted by Crippen LogP contribution is 2.18. The average molecular weight is 362 g/mol. The van der Waals surface area contributed by atoms with Crippen LogP contribution >= 0.6 is 0 Å². The first-order chi connectivity index (χ1) is 12.7. The van der Waals surface area contributed by atoms with Crippen LogP contribution in [-0.2, 0) is 11.3 Å². The Morgan fingerprint density at radius 3 is 2.58 bits per heavy atom. The van der Waals surface area contributed by atoms with E-state index in [1.54, 1.807) is 0 Å². The summed E-state index contributed by atoms with van der Waals surface area (Å²) in [5, 5.41) is 3.45. The summed E-state index contributed by atoms with van der Waals surface area (Å²) in [4.78, 5) is 13.5. The second-order valence-corrected chi connectivity index (χ2v) is 6.86. The summed E-state index contributed by atoms with van der Waals surface area (Å²) in [7, 11) is 3.95. The fraction of sp³-hybridized carbons (Fsp3) is 0.700. The zero-order chi connectivity index (χ0) is 18.8. The summed E-state index contributed by atoms with van der Waals surface area (Å²) in [5.41, 5.74) is 1.17. The Labute approximate surface area is 158 Å². The molecule has 1 N–H and O–H groups in total. The van der Waals surface area contributed by atoms with Gasteiger partial charge >= 0.3 is 0 Å². The van der Waals surface area contributed by atoms with Crippen molar-refractivity contribution >= 4 is 11.8 Å². The molecule has 0 saturated carbocycles. The molecule has 0 aliphatic carbocycles. The number of aliphatic imine (C=N–C) groups is 1. The van der Waals surface area contributed by atoms with Crippen LogP contribution in [-0.4, -0.2) is 62.8 Å². The molecule has 1 aromatic heterocycles. The van der Waals surface area contributed by atoms with Gasteiger partial charge in [0, 0.05) is 59.7 Å². The lowest BCUT2D eigenvalue weighted by Crippen LogP contribution is -2.39. The summed E-state index contributed by atoms with van der Waals surface area (Å²) in [5.74, 6) is 2.75. The zero-order valence-electron chi connectivity index (χ0n) is 16.9. The third-order valence-corrected chi connectivity index (χ3v) is 5.13. The lowest BCUT2D eigenvalue weighted by molar-refractivity contribution is 0.0625. The number of nitrogens with one attached hydrogen (secondary N) is 1. The van der Waals surface area contributed by atoms with Gasteiger partial charge in [0.1, 0.15) is 5.82 Å². The molecule has 1 aliphatic heterocycles. The van der Waals surface area contributed by atoms with Gasteiger partial charge in [0.2, 0.25) is 0 Å². The SMILES string of the molecule is CCN(CC)c1ccc(CNC(=NC)N(C)CCC2CCOCC2)cn1. The van der Waals surface area contributed by atoms with Gasteiger partial charge < -0.3 is 19.9 Å². The van der Waals surface area contributed by atoms with Crippen LogP contribution in [0.1, 0.15) is 38.7 Å². The van der Waals surface area contributed by atoms with Gasteiger partial charge in [0.15, 0.2) is 5.96 Å². The maximum absolute atomic E-state index is 5.44. The highest BCUT2D eigenvalue weighted by molar-refractivity contribution is 5.79. The Hall–Kier alpha value is -1.82. The number of rotatable bonds is 8. The predicted octanol–water partition coefficient (Wildman–Crippen LogP) is 2.75. The van der Waals surface area contributed by atoms with Crippen molar-refractivity contribution in [1.29, 1.82) is 0 Å². The van der Waals surface area contributed by atoms with E-state index in [9.17, 15) is 0 Å². The normalized spacial score (nSPS) is 15.8. The summed E-state index contributed by atoms with van der Waals surface area (Å²) in [6.07, 6.45) is 5.52. The smallest absolute Gasteiger partial charge is 0.193 e. The highest BCUT2D eigenvalue weighted by Gasteiger charge is 2.15. The molecule has 6 heteroatoms. The molecule has 1 aliphatic rings. The largest absolute Gasteiger partial charge is 0.381 e. The van der Waals surface area contributed by atoms with Crippen molar-refractivity contribution in [3.05, 3.63) is 23.9 Å². The monoisotopic (exact) mass is 361 g/mol. The lowest BCUT2D eigenvalue weighted by Gasteiger charge is -2.27. The third-order valence-electron chi connectivity index (χ3n) is 5.13. The Balaban J connectivity index is 1.80. The van der Waals surface area contributed by atoms with Crippen LogP contribution in [0.2, 0.25) is 0 Å². The third kappa shape index (κ3) is 6.16. The Kier molecular flexibility index (Phi) is 8.68. The van der Waals surface area contributed by atoms with E-state index in [-0.39, 0.29) is 0 Å². The van der Waals surface area contributed by atoms with Gasteiger partial charge in [-0.05, 0) is 50.7 Å². The number of pyridine rings is 1. The van der Waals surface area contributed by atoms with Crippen LogP contribution in [0.25, 0.3) is 0 Å². The molecule has 2 heterocycles.